The average Bonchev–Trinajstić information content (AvgIpc) is 2.59. The van der Waals surface area contributed by atoms with E-state index in [4.69, 9.17) is 9.47 Å². The summed E-state index contributed by atoms with van der Waals surface area (Å²) in [7, 11) is 5.23. The number of carbonyl (C=O) groups is 1. The summed E-state index contributed by atoms with van der Waals surface area (Å²) in [5, 5.41) is 3.27. The van der Waals surface area contributed by atoms with Crippen molar-refractivity contribution in [3.8, 4) is 11.5 Å². The molecule has 22 heavy (non-hydrogen) atoms. The summed E-state index contributed by atoms with van der Waals surface area (Å²) in [6.45, 7) is 1.69. The lowest BCUT2D eigenvalue weighted by atomic mass is 10.0. The van der Waals surface area contributed by atoms with Crippen LogP contribution in [0.2, 0.25) is 0 Å². The van der Waals surface area contributed by atoms with Crippen LogP contribution in [-0.4, -0.2) is 51.2 Å². The fraction of sp³-hybridized carbons (Fsp3) is 0.588. The van der Waals surface area contributed by atoms with E-state index in [2.05, 4.69) is 5.32 Å². The van der Waals surface area contributed by atoms with E-state index in [9.17, 15) is 4.79 Å². The highest BCUT2D eigenvalue weighted by atomic mass is 16.5. The van der Waals surface area contributed by atoms with E-state index in [1.54, 1.807) is 14.2 Å². The van der Waals surface area contributed by atoms with E-state index in [1.165, 1.54) is 0 Å². The molecular formula is C17H26N2O3. The van der Waals surface area contributed by atoms with Gasteiger partial charge in [0.25, 0.3) is 0 Å². The molecule has 2 rings (SSSR count). The molecule has 1 aromatic rings. The maximum absolute atomic E-state index is 12.4. The zero-order chi connectivity index (χ0) is 15.9. The zero-order valence-corrected chi connectivity index (χ0v) is 13.7. The zero-order valence-electron chi connectivity index (χ0n) is 13.7. The lowest BCUT2D eigenvalue weighted by molar-refractivity contribution is -0.132. The van der Waals surface area contributed by atoms with Crippen molar-refractivity contribution in [2.75, 3.05) is 34.4 Å². The topological polar surface area (TPSA) is 50.8 Å². The van der Waals surface area contributed by atoms with Crippen LogP contribution in [0.4, 0.5) is 0 Å². The average molecular weight is 306 g/mol. The molecule has 1 aliphatic rings. The SMILES string of the molecule is CNC1CCCN(C(=O)CCc2cc(OC)cc(OC)c2)C1. The Balaban J connectivity index is 1.93. The van der Waals surface area contributed by atoms with Crippen molar-refractivity contribution in [2.45, 2.75) is 31.7 Å². The van der Waals surface area contributed by atoms with Gasteiger partial charge in [-0.05, 0) is 44.0 Å². The third kappa shape index (κ3) is 4.37. The van der Waals surface area contributed by atoms with Gasteiger partial charge in [-0.15, -0.1) is 0 Å². The van der Waals surface area contributed by atoms with Crippen molar-refractivity contribution in [1.29, 1.82) is 0 Å². The first-order valence-corrected chi connectivity index (χ1v) is 7.83. The number of carbonyl (C=O) groups excluding carboxylic acids is 1. The number of nitrogens with one attached hydrogen (secondary N) is 1. The third-order valence-corrected chi connectivity index (χ3v) is 4.22. The summed E-state index contributed by atoms with van der Waals surface area (Å²) in [5.74, 6) is 1.74. The largest absolute Gasteiger partial charge is 0.497 e. The van der Waals surface area contributed by atoms with Gasteiger partial charge in [-0.2, -0.15) is 0 Å². The first-order chi connectivity index (χ1) is 10.7. The Hall–Kier alpha value is -1.75. The van der Waals surface area contributed by atoms with E-state index in [-0.39, 0.29) is 5.91 Å². The second-order valence-electron chi connectivity index (χ2n) is 5.69. The van der Waals surface area contributed by atoms with Gasteiger partial charge < -0.3 is 19.7 Å². The Morgan fingerprint density at radius 2 is 1.95 bits per heavy atom. The van der Waals surface area contributed by atoms with Gasteiger partial charge in [0.15, 0.2) is 0 Å². The second-order valence-corrected chi connectivity index (χ2v) is 5.69. The molecule has 1 N–H and O–H groups in total. The number of nitrogens with zero attached hydrogens (tertiary/aromatic N) is 1. The number of amides is 1. The van der Waals surface area contributed by atoms with Crippen LogP contribution < -0.4 is 14.8 Å². The van der Waals surface area contributed by atoms with E-state index >= 15 is 0 Å². The molecule has 5 heteroatoms. The molecule has 1 amide bonds. The highest BCUT2D eigenvalue weighted by Gasteiger charge is 2.22. The highest BCUT2D eigenvalue weighted by molar-refractivity contribution is 5.76. The summed E-state index contributed by atoms with van der Waals surface area (Å²) >= 11 is 0. The minimum Gasteiger partial charge on any atom is -0.497 e. The van der Waals surface area contributed by atoms with Gasteiger partial charge in [-0.1, -0.05) is 0 Å². The predicted molar refractivity (Wildman–Crippen MR) is 86.5 cm³/mol. The van der Waals surface area contributed by atoms with Gasteiger partial charge in [0, 0.05) is 31.6 Å². The Labute approximate surface area is 132 Å². The number of piperidine rings is 1. The standard InChI is InChI=1S/C17H26N2O3/c1-18-14-5-4-8-19(12-14)17(20)7-6-13-9-15(21-2)11-16(10-13)22-3/h9-11,14,18H,4-8,12H2,1-3H3. The van der Waals surface area contributed by atoms with Gasteiger partial charge in [0.1, 0.15) is 11.5 Å². The van der Waals surface area contributed by atoms with Crippen molar-refractivity contribution in [3.05, 3.63) is 23.8 Å². The molecule has 5 nitrogen and oxygen atoms in total. The summed E-state index contributed by atoms with van der Waals surface area (Å²) in [6, 6.07) is 6.19. The van der Waals surface area contributed by atoms with E-state index in [0.29, 0.717) is 18.9 Å². The minimum absolute atomic E-state index is 0.224. The number of likely N-dealkylation sites (N-methyl/N-ethyl adjacent to an activating group) is 1. The fourth-order valence-corrected chi connectivity index (χ4v) is 2.86. The van der Waals surface area contributed by atoms with Crippen molar-refractivity contribution in [3.63, 3.8) is 0 Å². The molecule has 1 heterocycles. The van der Waals surface area contributed by atoms with Crippen LogP contribution in [-0.2, 0) is 11.2 Å². The summed E-state index contributed by atoms with van der Waals surface area (Å²) in [4.78, 5) is 14.4. The summed E-state index contributed by atoms with van der Waals surface area (Å²) in [6.07, 6.45) is 3.44. The Bertz CT molecular complexity index is 482. The monoisotopic (exact) mass is 306 g/mol. The molecule has 0 radical (unpaired) electrons. The van der Waals surface area contributed by atoms with E-state index < -0.39 is 0 Å². The first-order valence-electron chi connectivity index (χ1n) is 7.83. The summed E-state index contributed by atoms with van der Waals surface area (Å²) in [5.41, 5.74) is 1.06. The van der Waals surface area contributed by atoms with Crippen LogP contribution in [0.5, 0.6) is 11.5 Å². The maximum atomic E-state index is 12.4. The quantitative estimate of drug-likeness (QED) is 0.871. The molecule has 122 valence electrons. The number of ether oxygens (including phenoxy) is 2. The Kier molecular flexibility index (Phi) is 6.07. The molecule has 1 unspecified atom stereocenters. The number of methoxy groups -OCH3 is 2. The number of aryl methyl sites for hydroxylation is 1. The number of hydrogen-bond donors (Lipinski definition) is 1. The van der Waals surface area contributed by atoms with Crippen molar-refractivity contribution >= 4 is 5.91 Å². The number of hydrogen-bond acceptors (Lipinski definition) is 4. The lowest BCUT2D eigenvalue weighted by Crippen LogP contribution is -2.47. The fourth-order valence-electron chi connectivity index (χ4n) is 2.86. The van der Waals surface area contributed by atoms with Crippen LogP contribution >= 0.6 is 0 Å². The van der Waals surface area contributed by atoms with Gasteiger partial charge in [-0.3, -0.25) is 4.79 Å². The number of benzene rings is 1. The van der Waals surface area contributed by atoms with Crippen molar-refractivity contribution in [2.24, 2.45) is 0 Å². The minimum atomic E-state index is 0.224. The van der Waals surface area contributed by atoms with Crippen LogP contribution in [0, 0.1) is 0 Å². The number of likely N-dealkylation sites (tertiary alicyclic amines) is 1. The Morgan fingerprint density at radius 1 is 1.27 bits per heavy atom. The highest BCUT2D eigenvalue weighted by Crippen LogP contribution is 2.23. The van der Waals surface area contributed by atoms with Gasteiger partial charge in [-0.25, -0.2) is 0 Å². The molecule has 0 spiro atoms. The van der Waals surface area contributed by atoms with Crippen LogP contribution in [0.1, 0.15) is 24.8 Å². The summed E-state index contributed by atoms with van der Waals surface area (Å²) < 4.78 is 10.5. The van der Waals surface area contributed by atoms with Gasteiger partial charge in [0.2, 0.25) is 5.91 Å². The molecule has 0 aromatic heterocycles. The normalized spacial score (nSPS) is 18.1. The molecule has 1 aromatic carbocycles. The molecule has 0 aliphatic carbocycles. The van der Waals surface area contributed by atoms with Gasteiger partial charge in [0.05, 0.1) is 14.2 Å². The smallest absolute Gasteiger partial charge is 0.222 e. The van der Waals surface area contributed by atoms with Crippen LogP contribution in [0.3, 0.4) is 0 Å². The molecule has 1 aliphatic heterocycles. The van der Waals surface area contributed by atoms with Crippen molar-refractivity contribution < 1.29 is 14.3 Å². The van der Waals surface area contributed by atoms with Gasteiger partial charge >= 0.3 is 0 Å². The molecule has 1 saturated heterocycles. The third-order valence-electron chi connectivity index (χ3n) is 4.22. The number of rotatable bonds is 6. The molecule has 0 bridgehead atoms. The van der Waals surface area contributed by atoms with E-state index in [1.807, 2.05) is 30.1 Å². The lowest BCUT2D eigenvalue weighted by Gasteiger charge is -2.32. The van der Waals surface area contributed by atoms with Crippen LogP contribution in [0.25, 0.3) is 0 Å². The van der Waals surface area contributed by atoms with E-state index in [0.717, 1.165) is 43.0 Å². The molecular weight excluding hydrogens is 280 g/mol. The molecule has 0 saturated carbocycles. The second kappa shape index (κ2) is 8.03. The molecule has 1 atom stereocenters. The van der Waals surface area contributed by atoms with Crippen LogP contribution in [0.15, 0.2) is 18.2 Å². The predicted octanol–water partition coefficient (Wildman–Crippen LogP) is 1.85. The van der Waals surface area contributed by atoms with Crippen molar-refractivity contribution in [1.82, 2.24) is 10.2 Å². The Morgan fingerprint density at radius 3 is 2.55 bits per heavy atom. The first kappa shape index (κ1) is 16.6. The maximum Gasteiger partial charge on any atom is 0.222 e. The molecule has 1 fully saturated rings.